The highest BCUT2D eigenvalue weighted by atomic mass is 15.5. The zero-order valence-electron chi connectivity index (χ0n) is 51.8. The molecule has 96 heavy (non-hydrogen) atoms. The highest BCUT2D eigenvalue weighted by Crippen LogP contribution is 2.52. The van der Waals surface area contributed by atoms with Gasteiger partial charge in [0.05, 0.1) is 11.4 Å². The molecule has 5 aliphatic rings. The second-order valence-electron chi connectivity index (χ2n) is 24.5. The minimum atomic E-state index is -0.217. The summed E-state index contributed by atoms with van der Waals surface area (Å²) in [6, 6.07) is 118. The average molecular weight is 1220 g/mol. The molecule has 0 radical (unpaired) electrons. The SMILES string of the molecule is c1ccc(C2=NC3=NC(c4ccccc4)=NC4=NC(c5c6ccccc6c(-c6cc7c8c(c6)N(c6ccccc6-c6ccccc6)c6ccc(-c9ccccc9)cc6B8c6cc(-c8ccccc8)ccc6N7c6ccccc6-c6ccccc6)c6ccccc56)=NC(=N2)N34)cc1. The van der Waals surface area contributed by atoms with Crippen molar-refractivity contribution in [3.8, 4) is 55.6 Å². The van der Waals surface area contributed by atoms with Crippen LogP contribution in [-0.4, -0.2) is 47.0 Å². The van der Waals surface area contributed by atoms with Crippen LogP contribution >= 0.6 is 0 Å². The molecule has 0 saturated heterocycles. The Morgan fingerprint density at radius 1 is 0.208 bits per heavy atom. The molecule has 0 N–H and O–H groups in total. The molecule has 14 aromatic carbocycles. The van der Waals surface area contributed by atoms with E-state index >= 15 is 0 Å². The van der Waals surface area contributed by atoms with Crippen molar-refractivity contribution in [1.82, 2.24) is 4.90 Å². The van der Waals surface area contributed by atoms with Crippen molar-refractivity contribution in [3.63, 3.8) is 0 Å². The number of rotatable bonds is 10. The molecule has 0 amide bonds. The Morgan fingerprint density at radius 3 is 0.958 bits per heavy atom. The molecule has 0 spiro atoms. The average Bonchev–Trinajstić information content (AvgIpc) is 0.692. The van der Waals surface area contributed by atoms with Crippen molar-refractivity contribution in [1.29, 1.82) is 0 Å². The van der Waals surface area contributed by atoms with Crippen LogP contribution in [0.4, 0.5) is 34.1 Å². The fraction of sp³-hybridized carbons (Fsp3) is 0. The molecule has 0 unspecified atom stereocenters. The van der Waals surface area contributed by atoms with Crippen molar-refractivity contribution < 1.29 is 0 Å². The van der Waals surface area contributed by atoms with Crippen LogP contribution in [0.25, 0.3) is 77.2 Å². The fourth-order valence-corrected chi connectivity index (χ4v) is 14.9. The van der Waals surface area contributed by atoms with Crippen molar-refractivity contribution in [2.45, 2.75) is 0 Å². The molecule has 0 aromatic heterocycles. The molecular formula is C86H54BN9. The van der Waals surface area contributed by atoms with Crippen molar-refractivity contribution in [2.75, 3.05) is 9.80 Å². The van der Waals surface area contributed by atoms with E-state index in [4.69, 9.17) is 30.0 Å². The molecule has 0 fully saturated rings. The quantitative estimate of drug-likeness (QED) is 0.101. The van der Waals surface area contributed by atoms with Crippen LogP contribution in [0.5, 0.6) is 0 Å². The van der Waals surface area contributed by atoms with Gasteiger partial charge in [0.15, 0.2) is 17.5 Å². The first-order valence-electron chi connectivity index (χ1n) is 32.5. The maximum atomic E-state index is 5.44. The fourth-order valence-electron chi connectivity index (χ4n) is 14.9. The molecule has 19 rings (SSSR count). The molecule has 0 aliphatic carbocycles. The lowest BCUT2D eigenvalue weighted by molar-refractivity contribution is 0.828. The first kappa shape index (κ1) is 54.8. The van der Waals surface area contributed by atoms with Gasteiger partial charge in [-0.2, -0.15) is 30.0 Å². The van der Waals surface area contributed by atoms with E-state index in [1.807, 2.05) is 60.7 Å². The highest BCUT2D eigenvalue weighted by Gasteiger charge is 2.45. The van der Waals surface area contributed by atoms with E-state index in [0.717, 1.165) is 128 Å². The normalized spacial score (nSPS) is 14.1. The lowest BCUT2D eigenvalue weighted by Crippen LogP contribution is -2.61. The number of anilines is 6. The van der Waals surface area contributed by atoms with Gasteiger partial charge in [0, 0.05) is 50.6 Å². The second-order valence-corrected chi connectivity index (χ2v) is 24.5. The first-order valence-corrected chi connectivity index (χ1v) is 32.5. The van der Waals surface area contributed by atoms with Gasteiger partial charge in [-0.15, -0.1) is 0 Å². The van der Waals surface area contributed by atoms with Gasteiger partial charge in [-0.25, -0.2) is 4.90 Å². The molecule has 10 heteroatoms. The highest BCUT2D eigenvalue weighted by molar-refractivity contribution is 7.00. The summed E-state index contributed by atoms with van der Waals surface area (Å²) in [5, 5.41) is 4.04. The number of fused-ring (bicyclic) bond motifs is 6. The van der Waals surface area contributed by atoms with Gasteiger partial charge in [-0.05, 0) is 119 Å². The molecule has 14 aromatic rings. The maximum absolute atomic E-state index is 5.44. The number of benzene rings is 14. The molecular weight excluding hydrogens is 1170 g/mol. The van der Waals surface area contributed by atoms with E-state index in [2.05, 4.69) is 277 Å². The Balaban J connectivity index is 0.915. The standard InChI is InChI=1S/C86H54BN9/c1-7-27-55(28-8-1)61-47-49-74-70(51-61)87-71-52-62(56-29-9-2-10-30-56)48-50-75(71)95(73-46-26-24-40-65(73)58-33-13-4-14-34-58)77-54-63(53-76(80(77)87)94(74)72-45-25-23-39-64(72)57-31-11-3-12-32-57)78-66-41-19-21-43-68(66)79(69-44-22-20-42-67(69)78)83-92-85-90-81(59-35-15-5-16-36-59)88-84-89-82(60-37-17-6-18-38-60)91-86(93-83)96(84)85/h1-54H. The maximum Gasteiger partial charge on any atom is 0.252 e. The predicted molar refractivity (Wildman–Crippen MR) is 399 cm³/mol. The van der Waals surface area contributed by atoms with E-state index in [1.165, 1.54) is 16.4 Å². The van der Waals surface area contributed by atoms with Gasteiger partial charge in [-0.1, -0.05) is 291 Å². The Kier molecular flexibility index (Phi) is 12.8. The number of hydrogen-bond donors (Lipinski definition) is 0. The predicted octanol–water partition coefficient (Wildman–Crippen LogP) is 18.5. The molecule has 0 bridgehead atoms. The van der Waals surface area contributed by atoms with E-state index in [-0.39, 0.29) is 6.71 Å². The smallest absolute Gasteiger partial charge is 0.252 e. The number of para-hydroxylation sites is 2. The summed E-state index contributed by atoms with van der Waals surface area (Å²) in [5.41, 5.74) is 24.0. The zero-order valence-corrected chi connectivity index (χ0v) is 51.8. The Hall–Kier alpha value is -12.9. The summed E-state index contributed by atoms with van der Waals surface area (Å²) in [5.74, 6) is 2.66. The topological polar surface area (TPSA) is 83.9 Å². The monoisotopic (exact) mass is 1220 g/mol. The van der Waals surface area contributed by atoms with Crippen molar-refractivity contribution >= 4 is 114 Å². The molecule has 5 aliphatic heterocycles. The Labute approximate surface area is 555 Å². The van der Waals surface area contributed by atoms with Gasteiger partial charge in [-0.3, -0.25) is 0 Å². The zero-order chi connectivity index (χ0) is 63.2. The van der Waals surface area contributed by atoms with E-state index < -0.39 is 0 Å². The summed E-state index contributed by atoms with van der Waals surface area (Å²) in [6.07, 6.45) is 0. The second kappa shape index (κ2) is 22.4. The first-order chi connectivity index (χ1) is 47.6. The third-order valence-corrected chi connectivity index (χ3v) is 19.1. The van der Waals surface area contributed by atoms with E-state index in [1.54, 1.807) is 4.90 Å². The largest absolute Gasteiger partial charge is 0.311 e. The Morgan fingerprint density at radius 2 is 0.542 bits per heavy atom. The summed E-state index contributed by atoms with van der Waals surface area (Å²) in [4.78, 5) is 38.2. The van der Waals surface area contributed by atoms with Crippen LogP contribution in [0.2, 0.25) is 0 Å². The molecule has 9 nitrogen and oxygen atoms in total. The summed E-state index contributed by atoms with van der Waals surface area (Å²) < 4.78 is 0. The lowest BCUT2D eigenvalue weighted by atomic mass is 9.33. The minimum Gasteiger partial charge on any atom is -0.311 e. The molecule has 0 atom stereocenters. The third-order valence-electron chi connectivity index (χ3n) is 19.1. The van der Waals surface area contributed by atoms with E-state index in [9.17, 15) is 0 Å². The number of hydrogen-bond acceptors (Lipinski definition) is 9. The van der Waals surface area contributed by atoms with Gasteiger partial charge in [0.1, 0.15) is 0 Å². The van der Waals surface area contributed by atoms with Crippen LogP contribution in [0.3, 0.4) is 0 Å². The number of amidine groups is 3. The van der Waals surface area contributed by atoms with Crippen LogP contribution in [-0.2, 0) is 0 Å². The van der Waals surface area contributed by atoms with Crippen LogP contribution < -0.4 is 26.2 Å². The van der Waals surface area contributed by atoms with Gasteiger partial charge >= 0.3 is 0 Å². The summed E-state index contributed by atoms with van der Waals surface area (Å²) >= 11 is 0. The number of aliphatic imine (C=N–C) groups is 6. The van der Waals surface area contributed by atoms with Gasteiger partial charge in [0.2, 0.25) is 17.9 Å². The number of nitrogens with zero attached hydrogens (tertiary/aromatic N) is 9. The van der Waals surface area contributed by atoms with Crippen molar-refractivity contribution in [3.05, 3.63) is 344 Å². The van der Waals surface area contributed by atoms with Crippen LogP contribution in [0.1, 0.15) is 16.7 Å². The number of guanidine groups is 3. The minimum absolute atomic E-state index is 0.217. The van der Waals surface area contributed by atoms with Crippen LogP contribution in [0, 0.1) is 0 Å². The van der Waals surface area contributed by atoms with Gasteiger partial charge < -0.3 is 9.80 Å². The molecule has 446 valence electrons. The third kappa shape index (κ3) is 8.95. The lowest BCUT2D eigenvalue weighted by Gasteiger charge is -2.45. The summed E-state index contributed by atoms with van der Waals surface area (Å²) in [6.45, 7) is -0.217. The Bertz CT molecular complexity index is 5420. The molecule has 0 saturated carbocycles. The summed E-state index contributed by atoms with van der Waals surface area (Å²) in [7, 11) is 0. The van der Waals surface area contributed by atoms with Crippen molar-refractivity contribution in [2.24, 2.45) is 30.0 Å². The van der Waals surface area contributed by atoms with E-state index in [0.29, 0.717) is 35.4 Å². The van der Waals surface area contributed by atoms with Crippen LogP contribution in [0.15, 0.2) is 358 Å². The molecule has 5 heterocycles. The van der Waals surface area contributed by atoms with Gasteiger partial charge in [0.25, 0.3) is 6.71 Å².